The maximum Gasteiger partial charge on any atom is 0.234 e. The highest BCUT2D eigenvalue weighted by Crippen LogP contribution is 2.40. The topological polar surface area (TPSA) is 90.8 Å². The zero-order chi connectivity index (χ0) is 17.8. The van der Waals surface area contributed by atoms with Crippen LogP contribution in [0.5, 0.6) is 5.75 Å². The van der Waals surface area contributed by atoms with Crippen molar-refractivity contribution >= 4 is 22.6 Å². The summed E-state index contributed by atoms with van der Waals surface area (Å²) in [6, 6.07) is 11.2. The van der Waals surface area contributed by atoms with Gasteiger partial charge in [0.1, 0.15) is 11.6 Å². The van der Waals surface area contributed by atoms with E-state index in [1.54, 1.807) is 19.2 Å². The summed E-state index contributed by atoms with van der Waals surface area (Å²) in [4.78, 5) is 20.0. The van der Waals surface area contributed by atoms with Crippen LogP contribution in [0.25, 0.3) is 22.4 Å². The summed E-state index contributed by atoms with van der Waals surface area (Å²) < 4.78 is 5.40. The molecule has 6 heteroatoms. The van der Waals surface area contributed by atoms with Gasteiger partial charge < -0.3 is 15.0 Å². The molecule has 0 radical (unpaired) electrons. The zero-order valence-electron chi connectivity index (χ0n) is 14.1. The summed E-state index contributed by atoms with van der Waals surface area (Å²) in [6.07, 6.45) is 0. The van der Waals surface area contributed by atoms with E-state index in [4.69, 9.17) is 10.00 Å². The van der Waals surface area contributed by atoms with Gasteiger partial charge in [-0.2, -0.15) is 5.26 Å². The number of nitrogens with zero attached hydrogens (tertiary/aromatic N) is 2. The lowest BCUT2D eigenvalue weighted by atomic mass is 9.86. The summed E-state index contributed by atoms with van der Waals surface area (Å²) in [6.45, 7) is 3.80. The molecule has 3 aromatic rings. The monoisotopic (exact) mass is 332 g/mol. The number of imidazole rings is 1. The van der Waals surface area contributed by atoms with Gasteiger partial charge in [-0.3, -0.25) is 4.79 Å². The lowest BCUT2D eigenvalue weighted by Crippen LogP contribution is -2.26. The van der Waals surface area contributed by atoms with Crippen LogP contribution in [0.2, 0.25) is 0 Å². The third-order valence-corrected chi connectivity index (χ3v) is 4.70. The fraction of sp³-hybridized carbons (Fsp3) is 0.211. The number of aromatic amines is 1. The molecule has 0 saturated heterocycles. The minimum Gasteiger partial charge on any atom is -0.496 e. The minimum absolute atomic E-state index is 0.0101. The van der Waals surface area contributed by atoms with Crippen LogP contribution in [-0.4, -0.2) is 23.0 Å². The highest BCUT2D eigenvalue weighted by molar-refractivity contribution is 6.07. The van der Waals surface area contributed by atoms with Gasteiger partial charge in [-0.05, 0) is 49.7 Å². The Kier molecular flexibility index (Phi) is 3.09. The third-order valence-electron chi connectivity index (χ3n) is 4.70. The number of benzene rings is 2. The van der Waals surface area contributed by atoms with E-state index in [0.29, 0.717) is 17.1 Å². The Morgan fingerprint density at radius 2 is 2.04 bits per heavy atom. The highest BCUT2D eigenvalue weighted by Gasteiger charge is 2.38. The number of nitrogens with one attached hydrogen (secondary N) is 2. The van der Waals surface area contributed by atoms with Crippen LogP contribution in [0.3, 0.4) is 0 Å². The molecule has 6 nitrogen and oxygen atoms in total. The number of carbonyl (C=O) groups is 1. The van der Waals surface area contributed by atoms with E-state index in [0.717, 1.165) is 27.8 Å². The number of aromatic nitrogens is 2. The number of hydrogen-bond donors (Lipinski definition) is 2. The first-order valence-electron chi connectivity index (χ1n) is 7.88. The summed E-state index contributed by atoms with van der Waals surface area (Å²) in [5.74, 6) is 1.23. The van der Waals surface area contributed by atoms with Crippen LogP contribution in [0.15, 0.2) is 30.3 Å². The lowest BCUT2D eigenvalue weighted by Gasteiger charge is -2.14. The Labute approximate surface area is 144 Å². The molecule has 1 aliphatic heterocycles. The Morgan fingerprint density at radius 1 is 1.24 bits per heavy atom. The van der Waals surface area contributed by atoms with Gasteiger partial charge in [0.25, 0.3) is 0 Å². The summed E-state index contributed by atoms with van der Waals surface area (Å²) >= 11 is 0. The molecule has 0 spiro atoms. The van der Waals surface area contributed by atoms with Gasteiger partial charge in [0.15, 0.2) is 0 Å². The molecule has 2 heterocycles. The highest BCUT2D eigenvalue weighted by atomic mass is 16.5. The number of carbonyl (C=O) groups excluding carboxylic acids is 1. The Balaban J connectivity index is 1.87. The standard InChI is InChI=1S/C19H16N4O2/c1-19(2)12-7-14-15(8-13(12)23-18(19)24)22-17(21-14)11-5-4-10(9-20)6-16(11)25-3/h4-8H,1-3H3,(H,21,22)(H,23,24). The number of nitriles is 1. The Bertz CT molecular complexity index is 1070. The number of ether oxygens (including phenoxy) is 1. The lowest BCUT2D eigenvalue weighted by molar-refractivity contribution is -0.119. The number of amides is 1. The maximum absolute atomic E-state index is 12.1. The number of hydrogen-bond acceptors (Lipinski definition) is 4. The van der Waals surface area contributed by atoms with Gasteiger partial charge in [-0.15, -0.1) is 0 Å². The second kappa shape index (κ2) is 5.08. The number of H-pyrrole nitrogens is 1. The largest absolute Gasteiger partial charge is 0.496 e. The summed E-state index contributed by atoms with van der Waals surface area (Å²) in [7, 11) is 1.56. The van der Waals surface area contributed by atoms with Crippen molar-refractivity contribution in [3.8, 4) is 23.2 Å². The van der Waals surface area contributed by atoms with Gasteiger partial charge in [-0.25, -0.2) is 4.98 Å². The number of fused-ring (bicyclic) bond motifs is 2. The average molecular weight is 332 g/mol. The van der Waals surface area contributed by atoms with Crippen LogP contribution < -0.4 is 10.1 Å². The molecule has 0 unspecified atom stereocenters. The summed E-state index contributed by atoms with van der Waals surface area (Å²) in [5, 5.41) is 12.0. The van der Waals surface area contributed by atoms with Crippen molar-refractivity contribution in [3.63, 3.8) is 0 Å². The Morgan fingerprint density at radius 3 is 2.76 bits per heavy atom. The zero-order valence-corrected chi connectivity index (χ0v) is 14.1. The molecule has 0 bridgehead atoms. The van der Waals surface area contributed by atoms with Crippen molar-refractivity contribution in [1.29, 1.82) is 5.26 Å². The number of rotatable bonds is 2. The van der Waals surface area contributed by atoms with Crippen molar-refractivity contribution in [2.24, 2.45) is 0 Å². The fourth-order valence-electron chi connectivity index (χ4n) is 3.16. The van der Waals surface area contributed by atoms with Gasteiger partial charge in [0, 0.05) is 5.69 Å². The molecule has 1 aromatic heterocycles. The molecule has 25 heavy (non-hydrogen) atoms. The summed E-state index contributed by atoms with van der Waals surface area (Å²) in [5.41, 5.74) is 4.10. The predicted molar refractivity (Wildman–Crippen MR) is 94.5 cm³/mol. The number of methoxy groups -OCH3 is 1. The van der Waals surface area contributed by atoms with E-state index in [2.05, 4.69) is 21.4 Å². The van der Waals surface area contributed by atoms with E-state index in [9.17, 15) is 4.79 Å². The second-order valence-electron chi connectivity index (χ2n) is 6.61. The molecular weight excluding hydrogens is 316 g/mol. The molecule has 1 aliphatic rings. The fourth-order valence-corrected chi connectivity index (χ4v) is 3.16. The molecule has 124 valence electrons. The Hall–Kier alpha value is -3.33. The quantitative estimate of drug-likeness (QED) is 0.753. The van der Waals surface area contributed by atoms with E-state index >= 15 is 0 Å². The molecule has 1 amide bonds. The van der Waals surface area contributed by atoms with Crippen molar-refractivity contribution in [1.82, 2.24) is 9.97 Å². The van der Waals surface area contributed by atoms with E-state index in [1.165, 1.54) is 0 Å². The molecule has 2 N–H and O–H groups in total. The van der Waals surface area contributed by atoms with Gasteiger partial charge in [0.05, 0.1) is 40.8 Å². The van der Waals surface area contributed by atoms with Crippen LogP contribution in [0, 0.1) is 11.3 Å². The molecule has 0 atom stereocenters. The van der Waals surface area contributed by atoms with E-state index in [1.807, 2.05) is 32.0 Å². The first-order valence-corrected chi connectivity index (χ1v) is 7.88. The van der Waals surface area contributed by atoms with Crippen molar-refractivity contribution in [2.75, 3.05) is 12.4 Å². The predicted octanol–water partition coefficient (Wildman–Crippen LogP) is 3.34. The van der Waals surface area contributed by atoms with Crippen molar-refractivity contribution < 1.29 is 9.53 Å². The molecular formula is C19H16N4O2. The smallest absolute Gasteiger partial charge is 0.234 e. The van der Waals surface area contributed by atoms with Crippen LogP contribution in [-0.2, 0) is 10.2 Å². The molecule has 0 saturated carbocycles. The molecule has 4 rings (SSSR count). The number of anilines is 1. The van der Waals surface area contributed by atoms with Gasteiger partial charge in [0.2, 0.25) is 5.91 Å². The average Bonchev–Trinajstić information content (AvgIpc) is 3.11. The first-order chi connectivity index (χ1) is 11.9. The molecule has 0 fully saturated rings. The van der Waals surface area contributed by atoms with Crippen LogP contribution in [0.4, 0.5) is 5.69 Å². The minimum atomic E-state index is -0.575. The molecule has 2 aromatic carbocycles. The van der Waals surface area contributed by atoms with Crippen LogP contribution >= 0.6 is 0 Å². The van der Waals surface area contributed by atoms with Gasteiger partial charge >= 0.3 is 0 Å². The SMILES string of the molecule is COc1cc(C#N)ccc1-c1nc2cc3c(cc2[nH]1)NC(=O)C3(C)C. The molecule has 0 aliphatic carbocycles. The maximum atomic E-state index is 12.1. The van der Waals surface area contributed by atoms with E-state index in [-0.39, 0.29) is 5.91 Å². The second-order valence-corrected chi connectivity index (χ2v) is 6.61. The van der Waals surface area contributed by atoms with Crippen LogP contribution in [0.1, 0.15) is 25.0 Å². The van der Waals surface area contributed by atoms with Gasteiger partial charge in [-0.1, -0.05) is 0 Å². The first kappa shape index (κ1) is 15.2. The normalized spacial score (nSPS) is 14.9. The van der Waals surface area contributed by atoms with Crippen molar-refractivity contribution in [3.05, 3.63) is 41.5 Å². The third kappa shape index (κ3) is 2.17. The van der Waals surface area contributed by atoms with Crippen molar-refractivity contribution in [2.45, 2.75) is 19.3 Å². The van der Waals surface area contributed by atoms with E-state index < -0.39 is 5.41 Å².